The van der Waals surface area contributed by atoms with Crippen molar-refractivity contribution in [1.82, 2.24) is 14.7 Å². The molecule has 2 rings (SSSR count). The highest BCUT2D eigenvalue weighted by atomic mass is 32.1. The fourth-order valence-electron chi connectivity index (χ4n) is 1.43. The number of nitrogens with one attached hydrogen (secondary N) is 1. The lowest BCUT2D eigenvalue weighted by Crippen LogP contribution is -2.12. The molecule has 0 aliphatic carbocycles. The van der Waals surface area contributed by atoms with E-state index in [1.165, 1.54) is 4.88 Å². The molecule has 3 nitrogen and oxygen atoms in total. The lowest BCUT2D eigenvalue weighted by Gasteiger charge is -1.97. The van der Waals surface area contributed by atoms with Crippen molar-refractivity contribution in [3.63, 3.8) is 0 Å². The van der Waals surface area contributed by atoms with Gasteiger partial charge < -0.3 is 5.32 Å². The fourth-order valence-corrected chi connectivity index (χ4v) is 2.14. The van der Waals surface area contributed by atoms with Gasteiger partial charge >= 0.3 is 0 Å². The van der Waals surface area contributed by atoms with Crippen molar-refractivity contribution in [3.8, 4) is 11.3 Å². The molecule has 0 bridgehead atoms. The summed E-state index contributed by atoms with van der Waals surface area (Å²) in [7, 11) is 0. The maximum absolute atomic E-state index is 4.43. The molecular weight excluding hydrogens is 218 g/mol. The number of aromatic nitrogens is 2. The maximum Gasteiger partial charge on any atom is 0.0859 e. The van der Waals surface area contributed by atoms with Gasteiger partial charge in [-0.15, -0.1) is 0 Å². The molecule has 2 aromatic heterocycles. The van der Waals surface area contributed by atoms with Crippen LogP contribution >= 0.6 is 11.5 Å². The summed E-state index contributed by atoms with van der Waals surface area (Å²) in [4.78, 5) is 5.37. The number of rotatable bonds is 5. The van der Waals surface area contributed by atoms with Crippen LogP contribution in [-0.2, 0) is 6.54 Å². The number of nitrogens with zero attached hydrogens (tertiary/aromatic N) is 2. The Balaban J connectivity index is 2.02. The highest BCUT2D eigenvalue weighted by Gasteiger charge is 2.03. The summed E-state index contributed by atoms with van der Waals surface area (Å²) in [6.07, 6.45) is 4.78. The van der Waals surface area contributed by atoms with Gasteiger partial charge in [-0.1, -0.05) is 6.92 Å². The highest BCUT2D eigenvalue weighted by molar-refractivity contribution is 7.06. The molecule has 0 radical (unpaired) electrons. The van der Waals surface area contributed by atoms with Gasteiger partial charge in [-0.2, -0.15) is 4.37 Å². The topological polar surface area (TPSA) is 37.8 Å². The maximum atomic E-state index is 4.43. The molecule has 0 aliphatic rings. The minimum Gasteiger partial charge on any atom is -0.312 e. The highest BCUT2D eigenvalue weighted by Crippen LogP contribution is 2.20. The van der Waals surface area contributed by atoms with E-state index in [4.69, 9.17) is 0 Å². The van der Waals surface area contributed by atoms with Crippen molar-refractivity contribution in [2.45, 2.75) is 19.9 Å². The van der Waals surface area contributed by atoms with Crippen LogP contribution in [0.5, 0.6) is 0 Å². The Kier molecular flexibility index (Phi) is 4.02. The molecular formula is C12H15N3S. The Hall–Kier alpha value is -1.26. The van der Waals surface area contributed by atoms with E-state index < -0.39 is 0 Å². The predicted molar refractivity (Wildman–Crippen MR) is 67.3 cm³/mol. The molecule has 0 spiro atoms. The third-order valence-electron chi connectivity index (χ3n) is 2.24. The van der Waals surface area contributed by atoms with E-state index in [1.807, 2.05) is 18.3 Å². The summed E-state index contributed by atoms with van der Waals surface area (Å²) >= 11 is 1.55. The number of hydrogen-bond acceptors (Lipinski definition) is 4. The lowest BCUT2D eigenvalue weighted by molar-refractivity contribution is 0.681. The summed E-state index contributed by atoms with van der Waals surface area (Å²) in [6.45, 7) is 4.13. The quantitative estimate of drug-likeness (QED) is 0.807. The lowest BCUT2D eigenvalue weighted by atomic mass is 10.2. The molecule has 2 aromatic rings. The second-order valence-electron chi connectivity index (χ2n) is 3.60. The molecule has 84 valence electrons. The minimum atomic E-state index is 0.909. The molecule has 0 atom stereocenters. The minimum absolute atomic E-state index is 0.909. The molecule has 16 heavy (non-hydrogen) atoms. The van der Waals surface area contributed by atoms with Gasteiger partial charge in [0.2, 0.25) is 0 Å². The van der Waals surface area contributed by atoms with Crippen LogP contribution in [0.25, 0.3) is 11.3 Å². The van der Waals surface area contributed by atoms with Gasteiger partial charge in [-0.05, 0) is 42.7 Å². The first-order valence-electron chi connectivity index (χ1n) is 5.47. The first kappa shape index (κ1) is 11.2. The first-order valence-corrected chi connectivity index (χ1v) is 6.24. The van der Waals surface area contributed by atoms with E-state index in [0.717, 1.165) is 30.8 Å². The molecule has 0 unspecified atom stereocenters. The Bertz CT molecular complexity index is 425. The Labute approximate surface area is 99.7 Å². The summed E-state index contributed by atoms with van der Waals surface area (Å²) < 4.78 is 4.43. The van der Waals surface area contributed by atoms with E-state index >= 15 is 0 Å². The normalized spacial score (nSPS) is 10.6. The summed E-state index contributed by atoms with van der Waals surface area (Å²) in [5.41, 5.74) is 2.10. The third-order valence-corrected chi connectivity index (χ3v) is 3.03. The monoisotopic (exact) mass is 233 g/mol. The summed E-state index contributed by atoms with van der Waals surface area (Å²) in [5.74, 6) is 0. The molecule has 0 saturated heterocycles. The standard InChI is InChI=1S/C12H15N3S/c1-2-5-13-9-11-7-12(15-16-11)10-4-3-6-14-8-10/h3-4,6-8,13H,2,5,9H2,1H3. The van der Waals surface area contributed by atoms with E-state index in [1.54, 1.807) is 17.7 Å². The molecule has 0 fully saturated rings. The van der Waals surface area contributed by atoms with Crippen LogP contribution in [0.4, 0.5) is 0 Å². The van der Waals surface area contributed by atoms with Crippen LogP contribution in [0.3, 0.4) is 0 Å². The van der Waals surface area contributed by atoms with Crippen molar-refractivity contribution >= 4 is 11.5 Å². The Morgan fingerprint density at radius 1 is 1.44 bits per heavy atom. The SMILES string of the molecule is CCCNCc1cc(-c2cccnc2)ns1. The zero-order valence-electron chi connectivity index (χ0n) is 9.31. The van der Waals surface area contributed by atoms with Crippen LogP contribution < -0.4 is 5.32 Å². The molecule has 4 heteroatoms. The van der Waals surface area contributed by atoms with E-state index in [-0.39, 0.29) is 0 Å². The number of pyridine rings is 1. The molecule has 0 saturated carbocycles. The Morgan fingerprint density at radius 2 is 2.38 bits per heavy atom. The van der Waals surface area contributed by atoms with E-state index in [9.17, 15) is 0 Å². The average molecular weight is 233 g/mol. The van der Waals surface area contributed by atoms with Gasteiger partial charge in [0.1, 0.15) is 0 Å². The smallest absolute Gasteiger partial charge is 0.0859 e. The second-order valence-corrected chi connectivity index (χ2v) is 4.49. The largest absolute Gasteiger partial charge is 0.312 e. The van der Waals surface area contributed by atoms with Crippen molar-refractivity contribution in [3.05, 3.63) is 35.5 Å². The van der Waals surface area contributed by atoms with Crippen LogP contribution in [0.15, 0.2) is 30.6 Å². The van der Waals surface area contributed by atoms with E-state index in [2.05, 4.69) is 27.7 Å². The van der Waals surface area contributed by atoms with Gasteiger partial charge in [0, 0.05) is 29.4 Å². The molecule has 0 amide bonds. The van der Waals surface area contributed by atoms with Crippen LogP contribution in [0, 0.1) is 0 Å². The van der Waals surface area contributed by atoms with Crippen LogP contribution in [0.2, 0.25) is 0 Å². The molecule has 1 N–H and O–H groups in total. The Morgan fingerprint density at radius 3 is 3.12 bits per heavy atom. The van der Waals surface area contributed by atoms with Gasteiger partial charge in [0.25, 0.3) is 0 Å². The predicted octanol–water partition coefficient (Wildman–Crippen LogP) is 2.70. The molecule has 0 aliphatic heterocycles. The summed E-state index contributed by atoms with van der Waals surface area (Å²) in [6, 6.07) is 6.10. The number of hydrogen-bond donors (Lipinski definition) is 1. The molecule has 0 aromatic carbocycles. The second kappa shape index (κ2) is 5.72. The van der Waals surface area contributed by atoms with E-state index in [0.29, 0.717) is 0 Å². The van der Waals surface area contributed by atoms with Crippen LogP contribution in [-0.4, -0.2) is 15.9 Å². The third kappa shape index (κ3) is 2.87. The van der Waals surface area contributed by atoms with Crippen molar-refractivity contribution in [2.24, 2.45) is 0 Å². The van der Waals surface area contributed by atoms with Crippen molar-refractivity contribution in [2.75, 3.05) is 6.54 Å². The molecule has 2 heterocycles. The van der Waals surface area contributed by atoms with Gasteiger partial charge in [0.15, 0.2) is 0 Å². The van der Waals surface area contributed by atoms with Gasteiger partial charge in [-0.3, -0.25) is 4.98 Å². The zero-order valence-corrected chi connectivity index (χ0v) is 10.1. The summed E-state index contributed by atoms with van der Waals surface area (Å²) in [5, 5.41) is 3.37. The van der Waals surface area contributed by atoms with Gasteiger partial charge in [-0.25, -0.2) is 0 Å². The average Bonchev–Trinajstić information content (AvgIpc) is 2.79. The fraction of sp³-hybridized carbons (Fsp3) is 0.333. The zero-order chi connectivity index (χ0) is 11.2. The first-order chi connectivity index (χ1) is 7.90. The van der Waals surface area contributed by atoms with Crippen molar-refractivity contribution in [1.29, 1.82) is 0 Å². The van der Waals surface area contributed by atoms with Crippen LogP contribution in [0.1, 0.15) is 18.2 Å². The van der Waals surface area contributed by atoms with Crippen molar-refractivity contribution < 1.29 is 0 Å². The van der Waals surface area contributed by atoms with Gasteiger partial charge in [0.05, 0.1) is 5.69 Å².